The highest BCUT2D eigenvalue weighted by atomic mass is 35.5. The molecule has 0 aliphatic carbocycles. The molecule has 0 heterocycles. The molecule has 0 aliphatic rings. The van der Waals surface area contributed by atoms with Crippen LogP contribution < -0.4 is 5.32 Å². The van der Waals surface area contributed by atoms with E-state index in [4.69, 9.17) is 11.6 Å². The summed E-state index contributed by atoms with van der Waals surface area (Å²) < 4.78 is 14.1. The maximum Gasteiger partial charge on any atom is 0.164 e. The van der Waals surface area contributed by atoms with Gasteiger partial charge in [-0.1, -0.05) is 34.5 Å². The van der Waals surface area contributed by atoms with Gasteiger partial charge in [0.05, 0.1) is 16.8 Å². The molecule has 0 saturated heterocycles. The van der Waals surface area contributed by atoms with Crippen molar-refractivity contribution in [2.75, 3.05) is 18.9 Å². The Morgan fingerprint density at radius 2 is 2.13 bits per heavy atom. The maximum absolute atomic E-state index is 14.1. The van der Waals surface area contributed by atoms with E-state index in [2.05, 4.69) is 15.7 Å². The summed E-state index contributed by atoms with van der Waals surface area (Å²) in [5.41, 5.74) is 1.55. The summed E-state index contributed by atoms with van der Waals surface area (Å²) in [7, 11) is 1.88. The van der Waals surface area contributed by atoms with Crippen LogP contribution in [0.15, 0.2) is 40.2 Å². The summed E-state index contributed by atoms with van der Waals surface area (Å²) in [6.45, 7) is 8.67. The van der Waals surface area contributed by atoms with E-state index in [0.717, 1.165) is 12.0 Å². The van der Waals surface area contributed by atoms with Gasteiger partial charge in [-0.25, -0.2) is 4.39 Å². The molecule has 1 aromatic rings. The van der Waals surface area contributed by atoms with E-state index < -0.39 is 5.82 Å². The highest BCUT2D eigenvalue weighted by Gasteiger charge is 2.14. The molecule has 1 unspecified atom stereocenters. The lowest BCUT2D eigenvalue weighted by Crippen LogP contribution is -2.26. The molecule has 1 rings (SSSR count). The summed E-state index contributed by atoms with van der Waals surface area (Å²) in [6, 6.07) is 5.14. The molecule has 4 nitrogen and oxygen atoms in total. The van der Waals surface area contributed by atoms with Crippen molar-refractivity contribution in [2.45, 2.75) is 46.2 Å². The van der Waals surface area contributed by atoms with Crippen LogP contribution in [0.5, 0.6) is 0 Å². The Balaban J connectivity index is 2.76. The highest BCUT2D eigenvalue weighted by molar-refractivity contribution is 6.31. The number of hydrogen-bond donors (Lipinski definition) is 1. The van der Waals surface area contributed by atoms with Crippen molar-refractivity contribution in [1.29, 1.82) is 0 Å². The average Bonchev–Trinajstić information content (AvgIpc) is 2.52. The van der Waals surface area contributed by atoms with Crippen molar-refractivity contribution >= 4 is 17.3 Å². The van der Waals surface area contributed by atoms with Gasteiger partial charge in [0.15, 0.2) is 5.82 Å². The normalized spacial score (nSPS) is 13.7. The van der Waals surface area contributed by atoms with E-state index in [1.165, 1.54) is 0 Å². The van der Waals surface area contributed by atoms with Gasteiger partial charge in [-0.2, -0.15) is 5.11 Å². The Morgan fingerprint density at radius 3 is 2.74 bits per heavy atom. The second kappa shape index (κ2) is 9.50. The first-order chi connectivity index (χ1) is 10.8. The number of halogens is 2. The zero-order valence-electron chi connectivity index (χ0n) is 14.5. The SMILES string of the molecule is C/C=C(\C)C(CCN(C)/N=N\C(C)C)Nc1cccc(Cl)c1F. The van der Waals surface area contributed by atoms with Crippen molar-refractivity contribution < 1.29 is 4.39 Å². The predicted molar refractivity (Wildman–Crippen MR) is 95.5 cm³/mol. The number of benzene rings is 1. The third-order valence-corrected chi connectivity index (χ3v) is 3.75. The highest BCUT2D eigenvalue weighted by Crippen LogP contribution is 2.24. The summed E-state index contributed by atoms with van der Waals surface area (Å²) in [5, 5.41) is 13.4. The van der Waals surface area contributed by atoms with Gasteiger partial charge in [0.25, 0.3) is 0 Å². The van der Waals surface area contributed by atoms with Gasteiger partial charge in [0, 0.05) is 19.6 Å². The average molecular weight is 341 g/mol. The molecule has 0 radical (unpaired) electrons. The van der Waals surface area contributed by atoms with Crippen LogP contribution in [-0.2, 0) is 0 Å². The fraction of sp³-hybridized carbons (Fsp3) is 0.529. The second-order valence-corrected chi connectivity index (χ2v) is 6.21. The standard InChI is InChI=1S/C17H26ClFN4/c1-6-13(4)15(10-11-23(5)22-21-12(2)3)20-16-9-7-8-14(18)17(16)19/h6-9,12,15,20H,10-11H2,1-5H3/b13-6+,22-21-. The van der Waals surface area contributed by atoms with Gasteiger partial charge in [-0.05, 0) is 46.2 Å². The first-order valence-corrected chi connectivity index (χ1v) is 8.18. The third-order valence-electron chi connectivity index (χ3n) is 3.46. The third kappa shape index (κ3) is 6.57. The van der Waals surface area contributed by atoms with Crippen LogP contribution in [0, 0.1) is 5.82 Å². The molecule has 0 aromatic heterocycles. The van der Waals surface area contributed by atoms with Gasteiger partial charge in [0.2, 0.25) is 0 Å². The second-order valence-electron chi connectivity index (χ2n) is 5.80. The Kier molecular flexibility index (Phi) is 8.03. The zero-order valence-corrected chi connectivity index (χ0v) is 15.2. The van der Waals surface area contributed by atoms with Crippen molar-refractivity contribution in [1.82, 2.24) is 5.01 Å². The molecule has 0 saturated carbocycles. The van der Waals surface area contributed by atoms with E-state index in [1.807, 2.05) is 40.8 Å². The Hall–Kier alpha value is -1.62. The maximum atomic E-state index is 14.1. The van der Waals surface area contributed by atoms with E-state index in [0.29, 0.717) is 12.2 Å². The van der Waals surface area contributed by atoms with Crippen LogP contribution in [0.3, 0.4) is 0 Å². The molecule has 1 atom stereocenters. The van der Waals surface area contributed by atoms with Gasteiger partial charge in [0.1, 0.15) is 0 Å². The Morgan fingerprint density at radius 1 is 1.43 bits per heavy atom. The number of nitrogens with zero attached hydrogens (tertiary/aromatic N) is 3. The monoisotopic (exact) mass is 340 g/mol. The largest absolute Gasteiger partial charge is 0.376 e. The molecule has 0 fully saturated rings. The lowest BCUT2D eigenvalue weighted by atomic mass is 10.0. The molecule has 1 aromatic carbocycles. The lowest BCUT2D eigenvalue weighted by molar-refractivity contribution is 0.312. The molecule has 0 bridgehead atoms. The van der Waals surface area contributed by atoms with Crippen molar-refractivity contribution in [3.63, 3.8) is 0 Å². The molecular formula is C17H26ClFN4. The van der Waals surface area contributed by atoms with Gasteiger partial charge >= 0.3 is 0 Å². The Bertz CT molecular complexity index is 558. The minimum atomic E-state index is -0.420. The molecule has 128 valence electrons. The minimum absolute atomic E-state index is 0.00432. The number of rotatable bonds is 8. The van der Waals surface area contributed by atoms with Crippen LogP contribution in [0.1, 0.15) is 34.1 Å². The van der Waals surface area contributed by atoms with Crippen LogP contribution in [0.4, 0.5) is 10.1 Å². The van der Waals surface area contributed by atoms with E-state index >= 15 is 0 Å². The van der Waals surface area contributed by atoms with Gasteiger partial charge in [-0.15, -0.1) is 0 Å². The van der Waals surface area contributed by atoms with E-state index in [-0.39, 0.29) is 17.1 Å². The molecule has 1 N–H and O–H groups in total. The zero-order chi connectivity index (χ0) is 17.4. The topological polar surface area (TPSA) is 40.0 Å². The van der Waals surface area contributed by atoms with E-state index in [9.17, 15) is 4.39 Å². The molecule has 0 spiro atoms. The van der Waals surface area contributed by atoms with Crippen LogP contribution in [-0.4, -0.2) is 30.7 Å². The predicted octanol–water partition coefficient (Wildman–Crippen LogP) is 5.32. The molecule has 6 heteroatoms. The van der Waals surface area contributed by atoms with E-state index in [1.54, 1.807) is 23.2 Å². The van der Waals surface area contributed by atoms with Gasteiger partial charge < -0.3 is 5.32 Å². The van der Waals surface area contributed by atoms with Gasteiger partial charge in [-0.3, -0.25) is 5.01 Å². The van der Waals surface area contributed by atoms with Crippen molar-refractivity contribution in [3.8, 4) is 0 Å². The van der Waals surface area contributed by atoms with Crippen LogP contribution in [0.25, 0.3) is 0 Å². The summed E-state index contributed by atoms with van der Waals surface area (Å²) in [4.78, 5) is 0. The summed E-state index contributed by atoms with van der Waals surface area (Å²) in [6.07, 6.45) is 2.80. The Labute approximate surface area is 143 Å². The number of nitrogens with one attached hydrogen (secondary N) is 1. The number of anilines is 1. The van der Waals surface area contributed by atoms with Crippen LogP contribution in [0.2, 0.25) is 5.02 Å². The summed E-state index contributed by atoms with van der Waals surface area (Å²) in [5.74, 6) is -0.420. The smallest absolute Gasteiger partial charge is 0.164 e. The molecule has 0 aliphatic heterocycles. The quantitative estimate of drug-likeness (QED) is 0.395. The molecular weight excluding hydrogens is 315 g/mol. The fourth-order valence-corrected chi connectivity index (χ4v) is 2.14. The fourth-order valence-electron chi connectivity index (χ4n) is 1.97. The van der Waals surface area contributed by atoms with Crippen molar-refractivity contribution in [3.05, 3.63) is 40.7 Å². The van der Waals surface area contributed by atoms with Crippen molar-refractivity contribution in [2.24, 2.45) is 10.3 Å². The summed E-state index contributed by atoms with van der Waals surface area (Å²) >= 11 is 5.84. The first-order valence-electron chi connectivity index (χ1n) is 7.80. The number of hydrogen-bond acceptors (Lipinski definition) is 3. The van der Waals surface area contributed by atoms with Crippen LogP contribution >= 0.6 is 11.6 Å². The first kappa shape index (κ1) is 19.4. The molecule has 23 heavy (non-hydrogen) atoms. The lowest BCUT2D eigenvalue weighted by Gasteiger charge is -2.23. The number of allylic oxidation sites excluding steroid dienone is 1. The molecule has 0 amide bonds. The minimum Gasteiger partial charge on any atom is -0.376 e.